The first-order valence-electron chi connectivity index (χ1n) is 5.06. The minimum absolute atomic E-state index is 0.0439. The zero-order valence-corrected chi connectivity index (χ0v) is 10.8. The van der Waals surface area contributed by atoms with Gasteiger partial charge in [-0.15, -0.1) is 0 Å². The molecule has 0 radical (unpaired) electrons. The number of ketones is 1. The highest BCUT2D eigenvalue weighted by Gasteiger charge is 2.08. The molecule has 0 aliphatic rings. The van der Waals surface area contributed by atoms with Crippen LogP contribution in [-0.2, 0) is 0 Å². The molecule has 0 amide bonds. The summed E-state index contributed by atoms with van der Waals surface area (Å²) in [4.78, 5) is 24.0. The third-order valence-electron chi connectivity index (χ3n) is 2.22. The van der Waals surface area contributed by atoms with Crippen molar-refractivity contribution in [1.29, 1.82) is 0 Å². The van der Waals surface area contributed by atoms with Crippen LogP contribution < -0.4 is 0 Å². The van der Waals surface area contributed by atoms with Gasteiger partial charge in [0.05, 0.1) is 16.7 Å². The number of halogens is 1. The van der Waals surface area contributed by atoms with Gasteiger partial charge in [0.15, 0.2) is 5.78 Å². The van der Waals surface area contributed by atoms with Gasteiger partial charge < -0.3 is 0 Å². The molecule has 0 aromatic carbocycles. The monoisotopic (exact) mass is 291 g/mol. The third kappa shape index (κ3) is 2.74. The molecule has 2 aromatic rings. The van der Waals surface area contributed by atoms with Crippen LogP contribution in [0.5, 0.6) is 0 Å². The molecule has 0 N–H and O–H groups in total. The molecule has 4 nitrogen and oxygen atoms in total. The molecule has 2 rings (SSSR count). The van der Waals surface area contributed by atoms with Gasteiger partial charge in [0.1, 0.15) is 12.0 Å². The van der Waals surface area contributed by atoms with Crippen LogP contribution in [0.15, 0.2) is 30.6 Å². The summed E-state index contributed by atoms with van der Waals surface area (Å²) < 4.78 is 0. The smallest absolute Gasteiger partial charge is 0.191 e. The van der Waals surface area contributed by atoms with Crippen LogP contribution in [0.1, 0.15) is 16.2 Å². The summed E-state index contributed by atoms with van der Waals surface area (Å²) in [6.07, 6.45) is 1.49. The number of hydrogen-bond donors (Lipinski definition) is 0. The Morgan fingerprint density at radius 3 is 2.82 bits per heavy atom. The molecule has 5 heteroatoms. The molecular weight excluding hydrogens is 282 g/mol. The van der Waals surface area contributed by atoms with Crippen molar-refractivity contribution in [3.05, 3.63) is 42.0 Å². The van der Waals surface area contributed by atoms with Crippen molar-refractivity contribution in [1.82, 2.24) is 15.0 Å². The minimum atomic E-state index is -0.0439. The van der Waals surface area contributed by atoms with E-state index in [1.165, 1.54) is 6.33 Å². The summed E-state index contributed by atoms with van der Waals surface area (Å²) in [5.74, 6) is -0.0439. The average Bonchev–Trinajstić information content (AvgIpc) is 2.38. The Hall–Kier alpha value is -1.62. The summed E-state index contributed by atoms with van der Waals surface area (Å²) in [6, 6.07) is 7.16. The summed E-state index contributed by atoms with van der Waals surface area (Å²) >= 11 is 3.13. The molecule has 0 saturated carbocycles. The van der Waals surface area contributed by atoms with E-state index in [9.17, 15) is 4.79 Å². The maximum atomic E-state index is 11.5. The Balaban J connectivity index is 2.43. The Morgan fingerprint density at radius 1 is 1.29 bits per heavy atom. The fourth-order valence-corrected chi connectivity index (χ4v) is 1.68. The number of aromatic nitrogens is 3. The number of alkyl halides is 1. The van der Waals surface area contributed by atoms with Gasteiger partial charge in [0.2, 0.25) is 0 Å². The van der Waals surface area contributed by atoms with E-state index in [0.717, 1.165) is 11.4 Å². The van der Waals surface area contributed by atoms with Gasteiger partial charge in [0, 0.05) is 5.69 Å². The van der Waals surface area contributed by atoms with Crippen molar-refractivity contribution >= 4 is 21.7 Å². The summed E-state index contributed by atoms with van der Waals surface area (Å²) in [5.41, 5.74) is 2.72. The van der Waals surface area contributed by atoms with Gasteiger partial charge in [-0.1, -0.05) is 22.0 Å². The van der Waals surface area contributed by atoms with Crippen LogP contribution in [0.4, 0.5) is 0 Å². The van der Waals surface area contributed by atoms with E-state index in [2.05, 4.69) is 30.9 Å². The molecular formula is C12H10BrN3O. The number of rotatable bonds is 3. The molecule has 2 heterocycles. The molecule has 0 fully saturated rings. The fraction of sp³-hybridized carbons (Fsp3) is 0.167. The van der Waals surface area contributed by atoms with E-state index in [0.29, 0.717) is 11.4 Å². The molecule has 0 bridgehead atoms. The lowest BCUT2D eigenvalue weighted by Gasteiger charge is -2.02. The second kappa shape index (κ2) is 5.14. The van der Waals surface area contributed by atoms with Crippen molar-refractivity contribution in [2.24, 2.45) is 0 Å². The van der Waals surface area contributed by atoms with Gasteiger partial charge in [0.25, 0.3) is 0 Å². The first kappa shape index (κ1) is 11.9. The molecule has 0 saturated heterocycles. The Kier molecular flexibility index (Phi) is 3.58. The first-order chi connectivity index (χ1) is 8.20. The van der Waals surface area contributed by atoms with Crippen LogP contribution in [0.25, 0.3) is 11.4 Å². The van der Waals surface area contributed by atoms with Crippen LogP contribution in [-0.4, -0.2) is 26.1 Å². The van der Waals surface area contributed by atoms with E-state index in [4.69, 9.17) is 0 Å². The lowest BCUT2D eigenvalue weighted by molar-refractivity contribution is 0.101. The van der Waals surface area contributed by atoms with E-state index in [1.54, 1.807) is 12.1 Å². The number of aryl methyl sites for hydroxylation is 1. The van der Waals surface area contributed by atoms with Crippen LogP contribution in [0.2, 0.25) is 0 Å². The lowest BCUT2D eigenvalue weighted by atomic mass is 10.2. The predicted molar refractivity (Wildman–Crippen MR) is 68.1 cm³/mol. The van der Waals surface area contributed by atoms with Crippen LogP contribution in [0, 0.1) is 6.92 Å². The number of pyridine rings is 1. The maximum absolute atomic E-state index is 11.5. The van der Waals surface area contributed by atoms with Crippen molar-refractivity contribution < 1.29 is 4.79 Å². The van der Waals surface area contributed by atoms with Crippen molar-refractivity contribution in [2.45, 2.75) is 6.92 Å². The minimum Gasteiger partial charge on any atom is -0.291 e. The van der Waals surface area contributed by atoms with Crippen LogP contribution >= 0.6 is 15.9 Å². The third-order valence-corrected chi connectivity index (χ3v) is 2.73. The molecule has 0 atom stereocenters. The number of nitrogens with zero attached hydrogens (tertiary/aromatic N) is 3. The highest BCUT2D eigenvalue weighted by atomic mass is 79.9. The van der Waals surface area contributed by atoms with Gasteiger partial charge in [-0.25, -0.2) is 15.0 Å². The zero-order valence-electron chi connectivity index (χ0n) is 9.22. The first-order valence-corrected chi connectivity index (χ1v) is 6.18. The number of carbonyl (C=O) groups is 1. The van der Waals surface area contributed by atoms with Crippen LogP contribution in [0.3, 0.4) is 0 Å². The SMILES string of the molecule is Cc1cc(-c2cccc(C(=O)CBr)n2)ncn1. The predicted octanol–water partition coefficient (Wildman–Crippen LogP) is 2.42. The summed E-state index contributed by atoms with van der Waals surface area (Å²) in [6.45, 7) is 1.89. The van der Waals surface area contributed by atoms with Gasteiger partial charge in [-0.3, -0.25) is 4.79 Å². The highest BCUT2D eigenvalue weighted by Crippen LogP contribution is 2.15. The second-order valence-electron chi connectivity index (χ2n) is 3.51. The molecule has 0 aliphatic carbocycles. The summed E-state index contributed by atoms with van der Waals surface area (Å²) in [5, 5.41) is 0.270. The lowest BCUT2D eigenvalue weighted by Crippen LogP contribution is -2.04. The van der Waals surface area contributed by atoms with E-state index >= 15 is 0 Å². The van der Waals surface area contributed by atoms with Crippen molar-refractivity contribution in [3.63, 3.8) is 0 Å². The van der Waals surface area contributed by atoms with E-state index < -0.39 is 0 Å². The number of carbonyl (C=O) groups excluding carboxylic acids is 1. The Bertz CT molecular complexity index is 557. The topological polar surface area (TPSA) is 55.7 Å². The Labute approximate surface area is 107 Å². The highest BCUT2D eigenvalue weighted by molar-refractivity contribution is 9.09. The standard InChI is InChI=1S/C12H10BrN3O/c1-8-5-11(15-7-14-8)9-3-2-4-10(16-9)12(17)6-13/h2-5,7H,6H2,1H3. The molecule has 86 valence electrons. The van der Waals surface area contributed by atoms with Crippen molar-refractivity contribution in [3.8, 4) is 11.4 Å². The second-order valence-corrected chi connectivity index (χ2v) is 4.07. The largest absolute Gasteiger partial charge is 0.291 e. The maximum Gasteiger partial charge on any atom is 0.191 e. The van der Waals surface area contributed by atoms with Gasteiger partial charge >= 0.3 is 0 Å². The quantitative estimate of drug-likeness (QED) is 0.644. The Morgan fingerprint density at radius 2 is 2.12 bits per heavy atom. The van der Waals surface area contributed by atoms with E-state index in [1.807, 2.05) is 19.1 Å². The van der Waals surface area contributed by atoms with E-state index in [-0.39, 0.29) is 11.1 Å². The molecule has 2 aromatic heterocycles. The average molecular weight is 292 g/mol. The van der Waals surface area contributed by atoms with Gasteiger partial charge in [-0.2, -0.15) is 0 Å². The number of Topliss-reactive ketones (excluding diaryl/α,β-unsaturated/α-hetero) is 1. The van der Waals surface area contributed by atoms with Crippen molar-refractivity contribution in [2.75, 3.05) is 5.33 Å². The molecule has 17 heavy (non-hydrogen) atoms. The van der Waals surface area contributed by atoms with Gasteiger partial charge in [-0.05, 0) is 25.1 Å². The molecule has 0 spiro atoms. The molecule has 0 unspecified atom stereocenters. The fourth-order valence-electron chi connectivity index (χ4n) is 1.40. The number of hydrogen-bond acceptors (Lipinski definition) is 4. The molecule has 0 aliphatic heterocycles. The normalized spacial score (nSPS) is 10.2. The summed E-state index contributed by atoms with van der Waals surface area (Å²) in [7, 11) is 0. The zero-order chi connectivity index (χ0) is 12.3.